The van der Waals surface area contributed by atoms with E-state index in [1.807, 2.05) is 56.3 Å². The third-order valence-corrected chi connectivity index (χ3v) is 6.16. The number of carbonyl (C=O) groups excluding carboxylic acids is 2. The van der Waals surface area contributed by atoms with E-state index in [2.05, 4.69) is 6.58 Å². The minimum absolute atomic E-state index is 0.110. The Kier molecular flexibility index (Phi) is 7.32. The SMILES string of the molecule is C=C(O[C@@]1(C)[C@H](C)O[C@H](COC(=O)c2ccccc2)[C@H]1OC(=O)c1ccccc1)c1ccccc1. The number of ether oxygens (including phenoxy) is 4. The number of rotatable bonds is 8. The van der Waals surface area contributed by atoms with Gasteiger partial charge in [-0.3, -0.25) is 0 Å². The Bertz CT molecular complexity index is 1160. The Labute approximate surface area is 205 Å². The van der Waals surface area contributed by atoms with Gasteiger partial charge in [0.05, 0.1) is 17.2 Å². The molecule has 4 atom stereocenters. The van der Waals surface area contributed by atoms with Gasteiger partial charge >= 0.3 is 11.9 Å². The smallest absolute Gasteiger partial charge is 0.338 e. The Morgan fingerprint density at radius 2 is 1.31 bits per heavy atom. The lowest BCUT2D eigenvalue weighted by atomic mass is 9.92. The van der Waals surface area contributed by atoms with Crippen LogP contribution in [0, 0.1) is 0 Å². The Morgan fingerprint density at radius 3 is 1.86 bits per heavy atom. The van der Waals surface area contributed by atoms with Crippen molar-refractivity contribution in [3.05, 3.63) is 114 Å². The fourth-order valence-electron chi connectivity index (χ4n) is 4.05. The highest BCUT2D eigenvalue weighted by atomic mass is 16.6. The maximum atomic E-state index is 13.0. The van der Waals surface area contributed by atoms with Crippen LogP contribution in [-0.2, 0) is 18.9 Å². The van der Waals surface area contributed by atoms with Crippen molar-refractivity contribution >= 4 is 17.7 Å². The van der Waals surface area contributed by atoms with Gasteiger partial charge in [0.1, 0.15) is 18.5 Å². The van der Waals surface area contributed by atoms with Crippen LogP contribution in [0.5, 0.6) is 0 Å². The lowest BCUT2D eigenvalue weighted by molar-refractivity contribution is -0.0685. The lowest BCUT2D eigenvalue weighted by Gasteiger charge is -2.35. The summed E-state index contributed by atoms with van der Waals surface area (Å²) < 4.78 is 23.9. The second-order valence-corrected chi connectivity index (χ2v) is 8.55. The summed E-state index contributed by atoms with van der Waals surface area (Å²) in [7, 11) is 0. The van der Waals surface area contributed by atoms with E-state index >= 15 is 0 Å². The highest BCUT2D eigenvalue weighted by Gasteiger charge is 2.57. The highest BCUT2D eigenvalue weighted by molar-refractivity contribution is 5.90. The van der Waals surface area contributed by atoms with E-state index in [4.69, 9.17) is 18.9 Å². The van der Waals surface area contributed by atoms with E-state index in [9.17, 15) is 9.59 Å². The quantitative estimate of drug-likeness (QED) is 0.327. The van der Waals surface area contributed by atoms with Gasteiger partial charge in [0.2, 0.25) is 0 Å². The van der Waals surface area contributed by atoms with Gasteiger partial charge in [0.25, 0.3) is 0 Å². The van der Waals surface area contributed by atoms with Crippen molar-refractivity contribution in [2.45, 2.75) is 37.8 Å². The molecule has 1 aliphatic rings. The van der Waals surface area contributed by atoms with E-state index in [0.717, 1.165) is 5.56 Å². The minimum atomic E-state index is -1.08. The standard InChI is InChI=1S/C29H28O6/c1-20(22-13-7-4-8-14-22)35-29(3)21(2)33-25(19-32-27(30)23-15-9-5-10-16-23)26(29)34-28(31)24-17-11-6-12-18-24/h4-18,21,25-26H,1,19H2,2-3H3/t21-,25+,26+,29-/m0/s1. The second-order valence-electron chi connectivity index (χ2n) is 8.55. The predicted octanol–water partition coefficient (Wildman–Crippen LogP) is 5.30. The molecule has 0 saturated carbocycles. The van der Waals surface area contributed by atoms with Crippen LogP contribution in [0.2, 0.25) is 0 Å². The fourth-order valence-corrected chi connectivity index (χ4v) is 4.05. The van der Waals surface area contributed by atoms with Gasteiger partial charge in [-0.15, -0.1) is 0 Å². The molecule has 4 rings (SSSR count). The molecular formula is C29H28O6. The number of esters is 2. The third-order valence-electron chi connectivity index (χ3n) is 6.16. The van der Waals surface area contributed by atoms with E-state index in [-0.39, 0.29) is 6.61 Å². The molecular weight excluding hydrogens is 444 g/mol. The van der Waals surface area contributed by atoms with Crippen molar-refractivity contribution in [2.75, 3.05) is 6.61 Å². The van der Waals surface area contributed by atoms with Crippen LogP contribution in [0.15, 0.2) is 97.6 Å². The maximum absolute atomic E-state index is 13.0. The highest BCUT2D eigenvalue weighted by Crippen LogP contribution is 2.40. The summed E-state index contributed by atoms with van der Waals surface area (Å²) in [5.74, 6) is -0.586. The summed E-state index contributed by atoms with van der Waals surface area (Å²) in [5, 5.41) is 0. The van der Waals surface area contributed by atoms with Crippen LogP contribution in [0.4, 0.5) is 0 Å². The molecule has 0 aliphatic carbocycles. The van der Waals surface area contributed by atoms with Crippen LogP contribution in [0.1, 0.15) is 40.1 Å². The molecule has 0 N–H and O–H groups in total. The summed E-state index contributed by atoms with van der Waals surface area (Å²) >= 11 is 0. The molecule has 6 nitrogen and oxygen atoms in total. The average Bonchev–Trinajstić information content (AvgIpc) is 3.12. The minimum Gasteiger partial charge on any atom is -0.481 e. The van der Waals surface area contributed by atoms with E-state index in [0.29, 0.717) is 16.9 Å². The van der Waals surface area contributed by atoms with Gasteiger partial charge in [-0.05, 0) is 38.1 Å². The topological polar surface area (TPSA) is 71.1 Å². The van der Waals surface area contributed by atoms with Crippen molar-refractivity contribution in [1.29, 1.82) is 0 Å². The number of hydrogen-bond acceptors (Lipinski definition) is 6. The summed E-state index contributed by atoms with van der Waals surface area (Å²) in [6.45, 7) is 7.61. The van der Waals surface area contributed by atoms with E-state index in [1.165, 1.54) is 0 Å². The van der Waals surface area contributed by atoms with Gasteiger partial charge in [0, 0.05) is 5.56 Å². The van der Waals surface area contributed by atoms with Gasteiger partial charge in [-0.2, -0.15) is 0 Å². The molecule has 0 aromatic heterocycles. The third kappa shape index (κ3) is 5.44. The monoisotopic (exact) mass is 472 g/mol. The van der Waals surface area contributed by atoms with Crippen LogP contribution >= 0.6 is 0 Å². The molecule has 1 heterocycles. The summed E-state index contributed by atoms with van der Waals surface area (Å²) in [5.41, 5.74) is 0.540. The second kappa shape index (κ2) is 10.6. The summed E-state index contributed by atoms with van der Waals surface area (Å²) in [6.07, 6.45) is -2.09. The molecule has 3 aromatic carbocycles. The molecule has 0 unspecified atom stereocenters. The van der Waals surface area contributed by atoms with Crippen LogP contribution in [-0.4, -0.2) is 42.5 Å². The molecule has 0 amide bonds. The van der Waals surface area contributed by atoms with Gasteiger partial charge < -0.3 is 18.9 Å². The van der Waals surface area contributed by atoms with Gasteiger partial charge in [-0.25, -0.2) is 9.59 Å². The molecule has 1 saturated heterocycles. The Hall–Kier alpha value is -3.90. The Morgan fingerprint density at radius 1 is 0.829 bits per heavy atom. The van der Waals surface area contributed by atoms with Crippen molar-refractivity contribution in [3.63, 3.8) is 0 Å². The summed E-state index contributed by atoms with van der Waals surface area (Å²) in [6, 6.07) is 26.8. The van der Waals surface area contributed by atoms with E-state index < -0.39 is 35.9 Å². The average molecular weight is 473 g/mol. The first-order valence-corrected chi connectivity index (χ1v) is 11.5. The largest absolute Gasteiger partial charge is 0.481 e. The zero-order chi connectivity index (χ0) is 24.8. The predicted molar refractivity (Wildman–Crippen MR) is 132 cm³/mol. The van der Waals surface area contributed by atoms with Crippen LogP contribution in [0.25, 0.3) is 5.76 Å². The summed E-state index contributed by atoms with van der Waals surface area (Å²) in [4.78, 5) is 25.5. The Balaban J connectivity index is 1.56. The fraction of sp³-hybridized carbons (Fsp3) is 0.241. The number of benzene rings is 3. The number of carbonyl (C=O) groups is 2. The van der Waals surface area contributed by atoms with Crippen molar-refractivity contribution in [3.8, 4) is 0 Å². The van der Waals surface area contributed by atoms with Crippen molar-refractivity contribution < 1.29 is 28.5 Å². The molecule has 3 aromatic rings. The zero-order valence-electron chi connectivity index (χ0n) is 19.8. The normalized spacial score (nSPS) is 23.3. The van der Waals surface area contributed by atoms with Gasteiger partial charge in [0.15, 0.2) is 11.7 Å². The molecule has 0 spiro atoms. The first kappa shape index (κ1) is 24.2. The molecule has 0 radical (unpaired) electrons. The van der Waals surface area contributed by atoms with Crippen LogP contribution in [0.3, 0.4) is 0 Å². The van der Waals surface area contributed by atoms with Crippen molar-refractivity contribution in [2.24, 2.45) is 0 Å². The molecule has 1 fully saturated rings. The maximum Gasteiger partial charge on any atom is 0.338 e. The first-order valence-electron chi connectivity index (χ1n) is 11.5. The lowest BCUT2D eigenvalue weighted by Crippen LogP contribution is -2.49. The molecule has 35 heavy (non-hydrogen) atoms. The van der Waals surface area contributed by atoms with Crippen molar-refractivity contribution in [1.82, 2.24) is 0 Å². The number of hydrogen-bond donors (Lipinski definition) is 0. The van der Waals surface area contributed by atoms with E-state index in [1.54, 1.807) is 48.5 Å². The first-order chi connectivity index (χ1) is 16.9. The molecule has 0 bridgehead atoms. The molecule has 1 aliphatic heterocycles. The van der Waals surface area contributed by atoms with Crippen LogP contribution < -0.4 is 0 Å². The zero-order valence-corrected chi connectivity index (χ0v) is 19.8. The van der Waals surface area contributed by atoms with Gasteiger partial charge in [-0.1, -0.05) is 73.3 Å². The molecule has 6 heteroatoms. The molecule has 180 valence electrons.